The summed E-state index contributed by atoms with van der Waals surface area (Å²) in [6, 6.07) is 7.79. The van der Waals surface area contributed by atoms with Crippen LogP contribution in [0, 0.1) is 0 Å². The van der Waals surface area contributed by atoms with Gasteiger partial charge in [0.05, 0.1) is 12.8 Å². The first-order valence-electron chi connectivity index (χ1n) is 9.47. The van der Waals surface area contributed by atoms with Gasteiger partial charge in [-0.25, -0.2) is 4.99 Å². The number of likely N-dealkylation sites (N-methyl/N-ethyl adjacent to an activating group) is 1. The second kappa shape index (κ2) is 12.1. The molecule has 30 heavy (non-hydrogen) atoms. The smallest absolute Gasteiger partial charge is 0.406 e. The Labute approximate surface area is 192 Å². The summed E-state index contributed by atoms with van der Waals surface area (Å²) in [6.45, 7) is 3.67. The van der Waals surface area contributed by atoms with Gasteiger partial charge < -0.3 is 24.8 Å². The van der Waals surface area contributed by atoms with Crippen LogP contribution in [0.4, 0.5) is 18.9 Å². The summed E-state index contributed by atoms with van der Waals surface area (Å²) in [4.78, 5) is 21.1. The number of alkyl halides is 3. The number of halogens is 4. The molecule has 2 rings (SSSR count). The van der Waals surface area contributed by atoms with Crippen molar-refractivity contribution in [1.82, 2.24) is 15.1 Å². The highest BCUT2D eigenvalue weighted by Gasteiger charge is 2.31. The van der Waals surface area contributed by atoms with E-state index in [1.54, 1.807) is 7.11 Å². The fraction of sp³-hybridized carbons (Fsp3) is 0.579. The van der Waals surface area contributed by atoms with Crippen LogP contribution in [0.25, 0.3) is 0 Å². The zero-order valence-electron chi connectivity index (χ0n) is 17.4. The molecule has 0 saturated carbocycles. The number of ether oxygens (including phenoxy) is 1. The average Bonchev–Trinajstić information content (AvgIpc) is 2.69. The summed E-state index contributed by atoms with van der Waals surface area (Å²) >= 11 is 0. The number of amides is 1. The SMILES string of the molecule is CCNC(=NCC(=O)N(C)CC(F)(F)F)N1CCN(c2ccccc2OC)CC1.I. The molecule has 1 saturated heterocycles. The minimum Gasteiger partial charge on any atom is -0.495 e. The van der Waals surface area contributed by atoms with Crippen molar-refractivity contribution >= 4 is 41.5 Å². The van der Waals surface area contributed by atoms with Gasteiger partial charge in [0.25, 0.3) is 0 Å². The lowest BCUT2D eigenvalue weighted by atomic mass is 10.2. The first-order chi connectivity index (χ1) is 13.7. The molecule has 0 radical (unpaired) electrons. The number of rotatable bonds is 6. The van der Waals surface area contributed by atoms with Gasteiger partial charge >= 0.3 is 6.18 Å². The lowest BCUT2D eigenvalue weighted by Crippen LogP contribution is -2.53. The van der Waals surface area contributed by atoms with Gasteiger partial charge in [-0.3, -0.25) is 4.79 Å². The predicted octanol–water partition coefficient (Wildman–Crippen LogP) is 2.42. The van der Waals surface area contributed by atoms with Crippen LogP contribution in [0.1, 0.15) is 6.92 Å². The van der Waals surface area contributed by atoms with Crippen LogP contribution in [-0.2, 0) is 4.79 Å². The number of carbonyl (C=O) groups excluding carboxylic acids is 1. The van der Waals surface area contributed by atoms with E-state index in [1.165, 1.54) is 0 Å². The lowest BCUT2D eigenvalue weighted by Gasteiger charge is -2.38. The van der Waals surface area contributed by atoms with Crippen molar-refractivity contribution in [1.29, 1.82) is 0 Å². The number of guanidine groups is 1. The Morgan fingerprint density at radius 3 is 2.43 bits per heavy atom. The maximum absolute atomic E-state index is 12.4. The summed E-state index contributed by atoms with van der Waals surface area (Å²) in [6.07, 6.45) is -4.42. The quantitative estimate of drug-likeness (QED) is 0.340. The molecule has 1 amide bonds. The van der Waals surface area contributed by atoms with Crippen molar-refractivity contribution in [2.24, 2.45) is 4.99 Å². The summed E-state index contributed by atoms with van der Waals surface area (Å²) in [5.41, 5.74) is 1.01. The van der Waals surface area contributed by atoms with Crippen LogP contribution >= 0.6 is 24.0 Å². The Morgan fingerprint density at radius 1 is 1.23 bits per heavy atom. The van der Waals surface area contributed by atoms with E-state index in [0.717, 1.165) is 31.6 Å². The molecule has 170 valence electrons. The predicted molar refractivity (Wildman–Crippen MR) is 122 cm³/mol. The van der Waals surface area contributed by atoms with E-state index in [0.29, 0.717) is 30.5 Å². The van der Waals surface area contributed by atoms with Gasteiger partial charge in [-0.05, 0) is 19.1 Å². The Hall–Kier alpha value is -1.92. The molecule has 7 nitrogen and oxygen atoms in total. The second-order valence-electron chi connectivity index (χ2n) is 6.68. The standard InChI is InChI=1S/C19H28F3N5O2.HI/c1-4-23-18(24-13-17(28)25(2)14-19(20,21)22)27-11-9-26(10-12-27)15-7-5-6-8-16(15)29-3;/h5-8H,4,9-14H2,1-3H3,(H,23,24);1H. The summed E-state index contributed by atoms with van der Waals surface area (Å²) in [7, 11) is 2.77. The van der Waals surface area contributed by atoms with Crippen molar-refractivity contribution in [3.05, 3.63) is 24.3 Å². The maximum Gasteiger partial charge on any atom is 0.406 e. The van der Waals surface area contributed by atoms with Crippen LogP contribution < -0.4 is 15.0 Å². The topological polar surface area (TPSA) is 60.4 Å². The third kappa shape index (κ3) is 7.73. The molecule has 1 fully saturated rings. The highest BCUT2D eigenvalue weighted by atomic mass is 127. The summed E-state index contributed by atoms with van der Waals surface area (Å²) in [5, 5.41) is 3.11. The average molecular weight is 543 g/mol. The molecular formula is C19H29F3IN5O2. The van der Waals surface area contributed by atoms with Crippen molar-refractivity contribution in [2.75, 3.05) is 64.9 Å². The van der Waals surface area contributed by atoms with E-state index in [-0.39, 0.29) is 30.5 Å². The number of piperazine rings is 1. The number of nitrogens with one attached hydrogen (secondary N) is 1. The van der Waals surface area contributed by atoms with Gasteiger partial charge in [-0.1, -0.05) is 12.1 Å². The van der Waals surface area contributed by atoms with Gasteiger partial charge in [0.2, 0.25) is 5.91 Å². The number of nitrogens with zero attached hydrogens (tertiary/aromatic N) is 4. The number of methoxy groups -OCH3 is 1. The van der Waals surface area contributed by atoms with Gasteiger partial charge in [0.1, 0.15) is 18.8 Å². The minimum absolute atomic E-state index is 0. The number of hydrogen-bond donors (Lipinski definition) is 1. The molecule has 1 aliphatic rings. The van der Waals surface area contributed by atoms with Gasteiger partial charge in [0.15, 0.2) is 5.96 Å². The van der Waals surface area contributed by atoms with Gasteiger partial charge in [-0.15, -0.1) is 24.0 Å². The second-order valence-corrected chi connectivity index (χ2v) is 6.68. The van der Waals surface area contributed by atoms with E-state index in [9.17, 15) is 18.0 Å². The molecule has 0 atom stereocenters. The zero-order valence-corrected chi connectivity index (χ0v) is 19.7. The number of para-hydroxylation sites is 2. The van der Waals surface area contributed by atoms with E-state index in [2.05, 4.69) is 15.2 Å². The van der Waals surface area contributed by atoms with Gasteiger partial charge in [0, 0.05) is 39.8 Å². The molecule has 1 N–H and O–H groups in total. The molecule has 1 aromatic carbocycles. The first kappa shape index (κ1) is 26.1. The van der Waals surface area contributed by atoms with Gasteiger partial charge in [-0.2, -0.15) is 13.2 Å². The van der Waals surface area contributed by atoms with Crippen molar-refractivity contribution < 1.29 is 22.7 Å². The molecule has 0 bridgehead atoms. The highest BCUT2D eigenvalue weighted by molar-refractivity contribution is 14.0. The van der Waals surface area contributed by atoms with Crippen LogP contribution in [0.15, 0.2) is 29.3 Å². The molecule has 1 aliphatic heterocycles. The molecule has 1 aromatic rings. The Bertz CT molecular complexity index is 710. The molecule has 1 heterocycles. The third-order valence-corrected chi connectivity index (χ3v) is 4.55. The molecule has 0 unspecified atom stereocenters. The summed E-state index contributed by atoms with van der Waals surface area (Å²) < 4.78 is 42.8. The zero-order chi connectivity index (χ0) is 21.4. The van der Waals surface area contributed by atoms with Crippen LogP contribution in [0.2, 0.25) is 0 Å². The number of hydrogen-bond acceptors (Lipinski definition) is 4. The van der Waals surface area contributed by atoms with E-state index < -0.39 is 18.6 Å². The maximum atomic E-state index is 12.4. The Morgan fingerprint density at radius 2 is 1.87 bits per heavy atom. The summed E-state index contributed by atoms with van der Waals surface area (Å²) in [5.74, 6) is 0.658. The fourth-order valence-corrected chi connectivity index (χ4v) is 3.10. The minimum atomic E-state index is -4.42. The number of benzene rings is 1. The van der Waals surface area contributed by atoms with E-state index >= 15 is 0 Å². The van der Waals surface area contributed by atoms with Crippen molar-refractivity contribution in [2.45, 2.75) is 13.1 Å². The third-order valence-electron chi connectivity index (χ3n) is 4.55. The van der Waals surface area contributed by atoms with Crippen LogP contribution in [0.5, 0.6) is 5.75 Å². The lowest BCUT2D eigenvalue weighted by molar-refractivity contribution is -0.157. The number of anilines is 1. The molecule has 0 spiro atoms. The van der Waals surface area contributed by atoms with E-state index in [1.807, 2.05) is 36.1 Å². The van der Waals surface area contributed by atoms with Crippen LogP contribution in [0.3, 0.4) is 0 Å². The molecule has 0 aliphatic carbocycles. The Kier molecular flexibility index (Phi) is 10.5. The number of aliphatic imine (C=N–C) groups is 1. The van der Waals surface area contributed by atoms with E-state index in [4.69, 9.17) is 4.74 Å². The highest BCUT2D eigenvalue weighted by Crippen LogP contribution is 2.28. The normalized spacial score (nSPS) is 14.8. The molecular weight excluding hydrogens is 514 g/mol. The number of carbonyl (C=O) groups is 1. The molecule has 11 heteroatoms. The van der Waals surface area contributed by atoms with Crippen LogP contribution in [-0.4, -0.2) is 87.8 Å². The monoisotopic (exact) mass is 543 g/mol. The fourth-order valence-electron chi connectivity index (χ4n) is 3.10. The van der Waals surface area contributed by atoms with Crippen molar-refractivity contribution in [3.63, 3.8) is 0 Å². The molecule has 0 aromatic heterocycles. The first-order valence-corrected chi connectivity index (χ1v) is 9.47. The Balaban J connectivity index is 0.00000450. The largest absolute Gasteiger partial charge is 0.495 e. The van der Waals surface area contributed by atoms with Crippen molar-refractivity contribution in [3.8, 4) is 5.75 Å².